The Kier molecular flexibility index (Phi) is 3.02. The van der Waals surface area contributed by atoms with Crippen molar-refractivity contribution in [2.75, 3.05) is 5.32 Å². The smallest absolute Gasteiger partial charge is 0.305 e. The Morgan fingerprint density at radius 3 is 2.85 bits per heavy atom. The first-order valence-electron chi connectivity index (χ1n) is 6.17. The summed E-state index contributed by atoms with van der Waals surface area (Å²) in [5.74, 6) is -0.374. The number of benzene rings is 1. The summed E-state index contributed by atoms with van der Waals surface area (Å²) in [4.78, 5) is 18.4. The van der Waals surface area contributed by atoms with Crippen molar-refractivity contribution >= 4 is 11.6 Å². The molecule has 0 saturated heterocycles. The Bertz CT molecular complexity index is 673. The highest BCUT2D eigenvalue weighted by Gasteiger charge is 2.22. The van der Waals surface area contributed by atoms with Crippen LogP contribution in [0.4, 0.5) is 16.0 Å². The highest BCUT2D eigenvalue weighted by Crippen LogP contribution is 2.27. The minimum absolute atomic E-state index is 0.410. The SMILES string of the molecule is O=[N+]([O-])c1cc(-c2ccnc(NC3CC3)n2)ccc1F. The first kappa shape index (κ1) is 12.5. The molecule has 0 radical (unpaired) electrons. The van der Waals surface area contributed by atoms with Gasteiger partial charge in [-0.25, -0.2) is 9.97 Å². The number of halogens is 1. The summed E-state index contributed by atoms with van der Waals surface area (Å²) in [6, 6.07) is 5.76. The van der Waals surface area contributed by atoms with Crippen LogP contribution in [0.1, 0.15) is 12.8 Å². The summed E-state index contributed by atoms with van der Waals surface area (Å²) in [5.41, 5.74) is 0.448. The van der Waals surface area contributed by atoms with E-state index in [0.717, 1.165) is 18.9 Å². The van der Waals surface area contributed by atoms with Crippen molar-refractivity contribution in [1.82, 2.24) is 9.97 Å². The first-order chi connectivity index (χ1) is 9.63. The van der Waals surface area contributed by atoms with Gasteiger partial charge in [-0.15, -0.1) is 0 Å². The second kappa shape index (κ2) is 4.84. The zero-order chi connectivity index (χ0) is 14.1. The molecular formula is C13H11FN4O2. The number of nitrogens with one attached hydrogen (secondary N) is 1. The molecule has 7 heteroatoms. The third kappa shape index (κ3) is 2.56. The van der Waals surface area contributed by atoms with E-state index in [1.807, 2.05) is 0 Å². The molecule has 1 aliphatic rings. The lowest BCUT2D eigenvalue weighted by Crippen LogP contribution is -2.05. The molecule has 102 valence electrons. The van der Waals surface area contributed by atoms with Crippen molar-refractivity contribution < 1.29 is 9.31 Å². The molecule has 0 amide bonds. The summed E-state index contributed by atoms with van der Waals surface area (Å²) in [7, 11) is 0. The fraction of sp³-hybridized carbons (Fsp3) is 0.231. The molecule has 1 aromatic heterocycles. The van der Waals surface area contributed by atoms with Crippen molar-refractivity contribution in [2.45, 2.75) is 18.9 Å². The van der Waals surface area contributed by atoms with Gasteiger partial charge >= 0.3 is 5.69 Å². The van der Waals surface area contributed by atoms with Crippen molar-refractivity contribution in [3.63, 3.8) is 0 Å². The van der Waals surface area contributed by atoms with Crippen molar-refractivity contribution in [2.24, 2.45) is 0 Å². The fourth-order valence-corrected chi connectivity index (χ4v) is 1.81. The van der Waals surface area contributed by atoms with Crippen LogP contribution < -0.4 is 5.32 Å². The van der Waals surface area contributed by atoms with E-state index in [2.05, 4.69) is 15.3 Å². The maximum absolute atomic E-state index is 13.3. The van der Waals surface area contributed by atoms with Gasteiger partial charge in [0.25, 0.3) is 0 Å². The Morgan fingerprint density at radius 1 is 1.35 bits per heavy atom. The molecule has 0 unspecified atom stereocenters. The number of nitrogens with zero attached hydrogens (tertiary/aromatic N) is 3. The van der Waals surface area contributed by atoms with Gasteiger partial charge in [0.1, 0.15) is 0 Å². The second-order valence-electron chi connectivity index (χ2n) is 4.61. The van der Waals surface area contributed by atoms with E-state index >= 15 is 0 Å². The first-order valence-corrected chi connectivity index (χ1v) is 6.17. The van der Waals surface area contributed by atoms with E-state index in [-0.39, 0.29) is 0 Å². The Hall–Kier alpha value is -2.57. The van der Waals surface area contributed by atoms with Gasteiger partial charge < -0.3 is 5.32 Å². The molecule has 0 aliphatic heterocycles. The van der Waals surface area contributed by atoms with Crippen LogP contribution in [0.2, 0.25) is 0 Å². The standard InChI is InChI=1S/C13H11FN4O2/c14-10-4-1-8(7-12(10)18(19)20)11-5-6-15-13(17-11)16-9-2-3-9/h1,4-7,9H,2-3H2,(H,15,16,17). The molecule has 6 nitrogen and oxygen atoms in total. The molecule has 1 N–H and O–H groups in total. The van der Waals surface area contributed by atoms with E-state index in [1.165, 1.54) is 12.1 Å². The molecule has 3 rings (SSSR count). The molecule has 0 spiro atoms. The van der Waals surface area contributed by atoms with Crippen LogP contribution in [0.5, 0.6) is 0 Å². The largest absolute Gasteiger partial charge is 0.351 e. The van der Waals surface area contributed by atoms with Gasteiger partial charge in [-0.05, 0) is 31.0 Å². The quantitative estimate of drug-likeness (QED) is 0.684. The average molecular weight is 274 g/mol. The third-order valence-corrected chi connectivity index (χ3v) is 3.00. The zero-order valence-corrected chi connectivity index (χ0v) is 10.4. The Labute approximate surface area is 113 Å². The normalized spacial score (nSPS) is 14.1. The van der Waals surface area contributed by atoms with Crippen molar-refractivity contribution in [3.05, 3.63) is 46.4 Å². The van der Waals surface area contributed by atoms with Crippen molar-refractivity contribution in [1.29, 1.82) is 0 Å². The van der Waals surface area contributed by atoms with Gasteiger partial charge in [-0.2, -0.15) is 4.39 Å². The van der Waals surface area contributed by atoms with Crippen LogP contribution in [0.25, 0.3) is 11.3 Å². The van der Waals surface area contributed by atoms with E-state index < -0.39 is 16.4 Å². The van der Waals surface area contributed by atoms with Crippen LogP contribution in [0, 0.1) is 15.9 Å². The summed E-state index contributed by atoms with van der Waals surface area (Å²) in [5, 5.41) is 13.9. The fourth-order valence-electron chi connectivity index (χ4n) is 1.81. The molecule has 2 aromatic rings. The molecule has 1 aliphatic carbocycles. The molecular weight excluding hydrogens is 263 g/mol. The molecule has 0 bridgehead atoms. The highest BCUT2D eigenvalue weighted by atomic mass is 19.1. The maximum Gasteiger partial charge on any atom is 0.305 e. The third-order valence-electron chi connectivity index (χ3n) is 3.00. The minimum atomic E-state index is -0.857. The summed E-state index contributed by atoms with van der Waals surface area (Å²) < 4.78 is 13.3. The van der Waals surface area contributed by atoms with Crippen LogP contribution in [0.3, 0.4) is 0 Å². The van der Waals surface area contributed by atoms with Gasteiger partial charge in [0, 0.05) is 23.9 Å². The van der Waals surface area contributed by atoms with Crippen LogP contribution in [-0.4, -0.2) is 20.9 Å². The van der Waals surface area contributed by atoms with Gasteiger partial charge in [0.05, 0.1) is 10.6 Å². The number of nitro groups is 1. The van der Waals surface area contributed by atoms with Gasteiger partial charge in [-0.1, -0.05) is 0 Å². The molecule has 20 heavy (non-hydrogen) atoms. The van der Waals surface area contributed by atoms with Gasteiger partial charge in [0.2, 0.25) is 11.8 Å². The number of anilines is 1. The van der Waals surface area contributed by atoms with E-state index in [1.54, 1.807) is 12.3 Å². The van der Waals surface area contributed by atoms with Crippen molar-refractivity contribution in [3.8, 4) is 11.3 Å². The maximum atomic E-state index is 13.3. The lowest BCUT2D eigenvalue weighted by atomic mass is 10.1. The number of aromatic nitrogens is 2. The van der Waals surface area contributed by atoms with Crippen LogP contribution in [0.15, 0.2) is 30.5 Å². The second-order valence-corrected chi connectivity index (χ2v) is 4.61. The molecule has 1 saturated carbocycles. The number of hydrogen-bond acceptors (Lipinski definition) is 5. The molecule has 1 aromatic carbocycles. The number of hydrogen-bond donors (Lipinski definition) is 1. The average Bonchev–Trinajstić information content (AvgIpc) is 3.23. The zero-order valence-electron chi connectivity index (χ0n) is 10.4. The molecule has 1 fully saturated rings. The monoisotopic (exact) mass is 274 g/mol. The Balaban J connectivity index is 1.95. The van der Waals surface area contributed by atoms with Gasteiger partial charge in [0.15, 0.2) is 0 Å². The predicted molar refractivity (Wildman–Crippen MR) is 70.7 cm³/mol. The predicted octanol–water partition coefficient (Wildman–Crippen LogP) is 2.77. The van der Waals surface area contributed by atoms with Gasteiger partial charge in [-0.3, -0.25) is 10.1 Å². The number of rotatable bonds is 4. The van der Waals surface area contributed by atoms with E-state index in [4.69, 9.17) is 0 Å². The Morgan fingerprint density at radius 2 is 2.15 bits per heavy atom. The number of nitro benzene ring substituents is 1. The lowest BCUT2D eigenvalue weighted by Gasteiger charge is -2.05. The summed E-state index contributed by atoms with van der Waals surface area (Å²) in [6.07, 6.45) is 3.76. The van der Waals surface area contributed by atoms with Crippen LogP contribution >= 0.6 is 0 Å². The van der Waals surface area contributed by atoms with E-state index in [9.17, 15) is 14.5 Å². The summed E-state index contributed by atoms with van der Waals surface area (Å²) >= 11 is 0. The summed E-state index contributed by atoms with van der Waals surface area (Å²) in [6.45, 7) is 0. The van der Waals surface area contributed by atoms with Crippen LogP contribution in [-0.2, 0) is 0 Å². The van der Waals surface area contributed by atoms with E-state index in [0.29, 0.717) is 23.2 Å². The molecule has 1 heterocycles. The topological polar surface area (TPSA) is 81.0 Å². The lowest BCUT2D eigenvalue weighted by molar-refractivity contribution is -0.387. The minimum Gasteiger partial charge on any atom is -0.351 e. The molecule has 0 atom stereocenters. The highest BCUT2D eigenvalue weighted by molar-refractivity contribution is 5.63.